The molecule has 0 aliphatic heterocycles. The molecule has 2 aliphatic carbocycles. The van der Waals surface area contributed by atoms with Crippen molar-refractivity contribution in [1.82, 2.24) is 19.9 Å². The van der Waals surface area contributed by atoms with Gasteiger partial charge < -0.3 is 20.8 Å². The zero-order valence-corrected chi connectivity index (χ0v) is 25.7. The quantitative estimate of drug-likeness (QED) is 0.102. The second-order valence-electron chi connectivity index (χ2n) is 10.9. The third-order valence-corrected chi connectivity index (χ3v) is 10.8. The van der Waals surface area contributed by atoms with Crippen LogP contribution in [0.25, 0.3) is 11.0 Å². The van der Waals surface area contributed by atoms with Gasteiger partial charge in [0, 0.05) is 54.4 Å². The standard InChI is InChI=1S/C30H31N7O6S2/c31-28(38)25-4-1-2-10-30(25,43-22-14-20-9-12-34-29(20)35-16-22)45(41,42)24-7-8-26(27(15-24)37(39)40)33-11-3-13-36(21-5-6-21)18-23-17-32-19-44-23/h1-2,4,7-10,12,14-17,19,21,25,33H,3,5-6,11,13,18H2,(H2,31,38)(H,34,35). The van der Waals surface area contributed by atoms with E-state index in [0.717, 1.165) is 38.4 Å². The third-order valence-electron chi connectivity index (χ3n) is 7.88. The fraction of sp³-hybridized carbons (Fsp3) is 0.300. The van der Waals surface area contributed by atoms with Gasteiger partial charge in [0.05, 0.1) is 21.5 Å². The van der Waals surface area contributed by atoms with Crippen molar-refractivity contribution in [3.8, 4) is 5.75 Å². The Labute approximate surface area is 262 Å². The van der Waals surface area contributed by atoms with Crippen LogP contribution in [0.2, 0.25) is 0 Å². The van der Waals surface area contributed by atoms with Crippen LogP contribution in [0, 0.1) is 16.0 Å². The molecule has 3 heterocycles. The minimum absolute atomic E-state index is 0.0697. The number of aromatic amines is 1. The number of anilines is 1. The number of fused-ring (bicyclic) bond motifs is 1. The van der Waals surface area contributed by atoms with Gasteiger partial charge in [-0.2, -0.15) is 0 Å². The molecule has 1 saturated carbocycles. The van der Waals surface area contributed by atoms with E-state index in [4.69, 9.17) is 10.5 Å². The molecular weight excluding hydrogens is 619 g/mol. The van der Waals surface area contributed by atoms with Gasteiger partial charge >= 0.3 is 0 Å². The number of amides is 1. The number of sulfone groups is 1. The van der Waals surface area contributed by atoms with E-state index in [0.29, 0.717) is 23.6 Å². The fourth-order valence-corrected chi connectivity index (χ4v) is 7.98. The molecule has 234 valence electrons. The molecule has 0 spiro atoms. The number of thiazole rings is 1. The number of rotatable bonds is 14. The van der Waals surface area contributed by atoms with Crippen molar-refractivity contribution in [1.29, 1.82) is 0 Å². The molecule has 0 radical (unpaired) electrons. The molecule has 6 rings (SSSR count). The van der Waals surface area contributed by atoms with Gasteiger partial charge in [0.25, 0.3) is 5.69 Å². The van der Waals surface area contributed by atoms with E-state index < -0.39 is 42.1 Å². The Bertz CT molecular complexity index is 1890. The Morgan fingerprint density at radius 2 is 2.09 bits per heavy atom. The van der Waals surface area contributed by atoms with Crippen LogP contribution in [0.1, 0.15) is 24.1 Å². The topological polar surface area (TPSA) is 186 Å². The number of nitro groups is 1. The van der Waals surface area contributed by atoms with Crippen LogP contribution in [-0.2, 0) is 21.2 Å². The Morgan fingerprint density at radius 3 is 2.82 bits per heavy atom. The van der Waals surface area contributed by atoms with Crippen LogP contribution in [0.4, 0.5) is 11.4 Å². The van der Waals surface area contributed by atoms with E-state index in [2.05, 4.69) is 25.2 Å². The van der Waals surface area contributed by atoms with Crippen molar-refractivity contribution in [3.05, 3.63) is 93.7 Å². The van der Waals surface area contributed by atoms with Gasteiger partial charge in [-0.25, -0.2) is 13.4 Å². The molecule has 0 saturated heterocycles. The first-order valence-corrected chi connectivity index (χ1v) is 16.7. The predicted molar refractivity (Wildman–Crippen MR) is 169 cm³/mol. The van der Waals surface area contributed by atoms with Gasteiger partial charge in [0.1, 0.15) is 23.0 Å². The molecule has 1 fully saturated rings. The highest BCUT2D eigenvalue weighted by Gasteiger charge is 2.54. The van der Waals surface area contributed by atoms with Crippen molar-refractivity contribution < 1.29 is 22.9 Å². The van der Waals surface area contributed by atoms with Gasteiger partial charge in [-0.15, -0.1) is 11.3 Å². The smallest absolute Gasteiger partial charge is 0.293 e. The lowest BCUT2D eigenvalue weighted by Gasteiger charge is -2.36. The molecule has 3 aromatic heterocycles. The van der Waals surface area contributed by atoms with E-state index in [-0.39, 0.29) is 11.4 Å². The minimum atomic E-state index is -4.63. The lowest BCUT2D eigenvalue weighted by Crippen LogP contribution is -2.53. The number of primary amides is 1. The van der Waals surface area contributed by atoms with Gasteiger partial charge in [-0.1, -0.05) is 18.2 Å². The largest absolute Gasteiger partial charge is 0.464 e. The number of ether oxygens (including phenoxy) is 1. The first kappa shape index (κ1) is 30.4. The monoisotopic (exact) mass is 649 g/mol. The van der Waals surface area contributed by atoms with E-state index in [1.54, 1.807) is 29.7 Å². The normalized spacial score (nSPS) is 19.6. The Kier molecular flexibility index (Phi) is 8.40. The Balaban J connectivity index is 1.25. The lowest BCUT2D eigenvalue weighted by atomic mass is 9.96. The summed E-state index contributed by atoms with van der Waals surface area (Å²) in [5, 5.41) is 15.9. The number of aromatic nitrogens is 3. The van der Waals surface area contributed by atoms with Crippen LogP contribution in [-0.4, -0.2) is 63.2 Å². The molecule has 45 heavy (non-hydrogen) atoms. The summed E-state index contributed by atoms with van der Waals surface area (Å²) in [6, 6.07) is 7.48. The van der Waals surface area contributed by atoms with Gasteiger partial charge in [0.15, 0.2) is 0 Å². The number of pyridine rings is 1. The first-order chi connectivity index (χ1) is 21.7. The number of nitrogens with two attached hydrogens (primary N) is 1. The van der Waals surface area contributed by atoms with Crippen molar-refractivity contribution >= 4 is 49.5 Å². The molecule has 0 bridgehead atoms. The molecule has 1 aromatic carbocycles. The SMILES string of the molecule is NC(=O)C1C=CC=CC1(Oc1cnc2[nH]ccc2c1)S(=O)(=O)c1ccc(NCCCN(Cc2cncs2)C2CC2)c([N+](=O)[O-])c1. The maximum absolute atomic E-state index is 14.4. The number of carbonyl (C=O) groups is 1. The summed E-state index contributed by atoms with van der Waals surface area (Å²) in [4.78, 5) is 36.3. The number of allylic oxidation sites excluding steroid dienone is 2. The predicted octanol–water partition coefficient (Wildman–Crippen LogP) is 4.17. The van der Waals surface area contributed by atoms with Gasteiger partial charge in [0.2, 0.25) is 20.7 Å². The van der Waals surface area contributed by atoms with Crippen LogP contribution in [0.5, 0.6) is 5.75 Å². The number of carbonyl (C=O) groups excluding carboxylic acids is 1. The molecule has 4 aromatic rings. The number of benzene rings is 1. The number of H-pyrrole nitrogens is 1. The van der Waals surface area contributed by atoms with Gasteiger partial charge in [-0.05, 0) is 49.6 Å². The lowest BCUT2D eigenvalue weighted by molar-refractivity contribution is -0.384. The molecule has 4 N–H and O–H groups in total. The van der Waals surface area contributed by atoms with E-state index >= 15 is 0 Å². The summed E-state index contributed by atoms with van der Waals surface area (Å²) < 4.78 is 34.8. The van der Waals surface area contributed by atoms with Crippen molar-refractivity contribution in [2.45, 2.75) is 41.7 Å². The number of nitrogens with zero attached hydrogens (tertiary/aromatic N) is 4. The number of nitrogens with one attached hydrogen (secondary N) is 2. The van der Waals surface area contributed by atoms with Crippen LogP contribution < -0.4 is 15.8 Å². The van der Waals surface area contributed by atoms with E-state index in [1.807, 2.05) is 11.7 Å². The number of nitro benzene ring substituents is 1. The summed E-state index contributed by atoms with van der Waals surface area (Å²) >= 11 is 1.61. The van der Waals surface area contributed by atoms with Crippen LogP contribution in [0.15, 0.2) is 83.6 Å². The van der Waals surface area contributed by atoms with E-state index in [1.165, 1.54) is 47.5 Å². The minimum Gasteiger partial charge on any atom is -0.464 e. The number of hydrogen-bond acceptors (Lipinski definition) is 11. The van der Waals surface area contributed by atoms with Crippen LogP contribution in [0.3, 0.4) is 0 Å². The molecule has 2 atom stereocenters. The van der Waals surface area contributed by atoms with Crippen molar-refractivity contribution in [3.63, 3.8) is 0 Å². The molecular formula is C30H31N7O6S2. The Morgan fingerprint density at radius 1 is 1.24 bits per heavy atom. The molecule has 2 unspecified atom stereocenters. The highest BCUT2D eigenvalue weighted by Crippen LogP contribution is 2.41. The highest BCUT2D eigenvalue weighted by molar-refractivity contribution is 7.93. The summed E-state index contributed by atoms with van der Waals surface area (Å²) in [5.74, 6) is -2.32. The third kappa shape index (κ3) is 6.18. The zero-order valence-electron chi connectivity index (χ0n) is 24.0. The van der Waals surface area contributed by atoms with E-state index in [9.17, 15) is 23.3 Å². The Hall–Kier alpha value is -4.60. The maximum atomic E-state index is 14.4. The molecule has 13 nitrogen and oxygen atoms in total. The summed E-state index contributed by atoms with van der Waals surface area (Å²) in [5.41, 5.74) is 7.82. The average Bonchev–Trinajstić information content (AvgIpc) is 3.53. The molecule has 2 aliphatic rings. The van der Waals surface area contributed by atoms with Crippen molar-refractivity contribution in [2.75, 3.05) is 18.4 Å². The maximum Gasteiger partial charge on any atom is 0.293 e. The molecule has 1 amide bonds. The summed E-state index contributed by atoms with van der Waals surface area (Å²) in [6.07, 6.45) is 13.4. The second-order valence-corrected chi connectivity index (χ2v) is 14.0. The van der Waals surface area contributed by atoms with Crippen LogP contribution >= 0.6 is 11.3 Å². The zero-order chi connectivity index (χ0) is 31.6. The fourth-order valence-electron chi connectivity index (χ4n) is 5.48. The molecule has 15 heteroatoms. The average molecular weight is 650 g/mol. The summed E-state index contributed by atoms with van der Waals surface area (Å²) in [7, 11) is -4.63. The number of hydrogen-bond donors (Lipinski definition) is 3. The highest BCUT2D eigenvalue weighted by atomic mass is 32.2. The van der Waals surface area contributed by atoms with Crippen molar-refractivity contribution in [2.24, 2.45) is 11.7 Å². The first-order valence-electron chi connectivity index (χ1n) is 14.3. The summed E-state index contributed by atoms with van der Waals surface area (Å²) in [6.45, 7) is 2.06. The van der Waals surface area contributed by atoms with Gasteiger partial charge in [-0.3, -0.25) is 24.8 Å². The second kappa shape index (κ2) is 12.4.